The van der Waals surface area contributed by atoms with Gasteiger partial charge in [0.1, 0.15) is 24.3 Å². The molecule has 0 bridgehead atoms. The third-order valence-corrected chi connectivity index (χ3v) is 8.04. The maximum atomic E-state index is 13.4. The number of likely N-dealkylation sites (N-methyl/N-ethyl adjacent to an activating group) is 1. The molecule has 11 nitrogen and oxygen atoms in total. The first kappa shape index (κ1) is 29.9. The molecule has 1 aromatic heterocycles. The van der Waals surface area contributed by atoms with Crippen molar-refractivity contribution in [2.45, 2.75) is 31.4 Å². The molecule has 3 N–H and O–H groups in total. The molecule has 1 saturated heterocycles. The Hall–Kier alpha value is -2.32. The lowest BCUT2D eigenvalue weighted by atomic mass is 9.98. The Morgan fingerprint density at radius 3 is 2.58 bits per heavy atom. The molecule has 2 atom stereocenters. The third kappa shape index (κ3) is 6.32. The summed E-state index contributed by atoms with van der Waals surface area (Å²) in [6.07, 6.45) is -0.901. The van der Waals surface area contributed by atoms with Crippen LogP contribution in [0, 0.1) is 0 Å². The first-order chi connectivity index (χ1) is 16.8. The predicted octanol–water partition coefficient (Wildman–Crippen LogP) is 1.32. The predicted molar refractivity (Wildman–Crippen MR) is 138 cm³/mol. The van der Waals surface area contributed by atoms with Gasteiger partial charge in [-0.25, -0.2) is 9.59 Å². The Kier molecular flexibility index (Phi) is 11.0. The molecule has 2 aliphatic heterocycles. The average Bonchev–Trinajstić information content (AvgIpc) is 3.35. The number of hydrogen-bond acceptors (Lipinski definition) is 10. The molecule has 200 valence electrons. The van der Waals surface area contributed by atoms with E-state index in [1.807, 2.05) is 31.4 Å². The Balaban J connectivity index is 0.00000456. The summed E-state index contributed by atoms with van der Waals surface area (Å²) < 4.78 is 15.9. The molecule has 0 saturated carbocycles. The van der Waals surface area contributed by atoms with E-state index in [4.69, 9.17) is 19.9 Å². The molecular weight excluding hydrogens is 532 g/mol. The quantitative estimate of drug-likeness (QED) is 0.219. The van der Waals surface area contributed by atoms with Gasteiger partial charge in [0.05, 0.1) is 6.42 Å². The molecular formula is C22H31ClN4O7S2. The van der Waals surface area contributed by atoms with Gasteiger partial charge in [-0.05, 0) is 24.5 Å². The van der Waals surface area contributed by atoms with Gasteiger partial charge in [0.2, 0.25) is 5.91 Å². The number of β-lactam (4-membered cyclic amide) rings is 1. The first-order valence-electron chi connectivity index (χ1n) is 11.1. The second-order valence-electron chi connectivity index (χ2n) is 7.81. The molecule has 2 unspecified atom stereocenters. The fourth-order valence-electron chi connectivity index (χ4n) is 3.90. The van der Waals surface area contributed by atoms with Gasteiger partial charge in [0.15, 0.2) is 0 Å². The standard InChI is InChI=1S/C22H30N4O7S2.ClH/c1-4-25(5-2)8-9-32-18(28)17-14(12-33-21(23)30)13-35-20-22(31-3,19(29)26(17)20)24-16(27)11-15-7-6-10-34-15;/h6-7,10,20H,4-5,8-9,11-13H2,1-3H3,(H2,23,30)(H,24,27);1H. The summed E-state index contributed by atoms with van der Waals surface area (Å²) in [5.74, 6) is -1.45. The van der Waals surface area contributed by atoms with Crippen LogP contribution in [0.4, 0.5) is 4.79 Å². The van der Waals surface area contributed by atoms with E-state index >= 15 is 0 Å². The third-order valence-electron chi connectivity index (χ3n) is 5.79. The van der Waals surface area contributed by atoms with Gasteiger partial charge in [-0.1, -0.05) is 19.9 Å². The highest BCUT2D eigenvalue weighted by Gasteiger charge is 2.66. The van der Waals surface area contributed by atoms with Crippen molar-refractivity contribution in [1.29, 1.82) is 0 Å². The molecule has 0 aliphatic carbocycles. The summed E-state index contributed by atoms with van der Waals surface area (Å²) in [5.41, 5.74) is 3.85. The number of nitrogens with zero attached hydrogens (tertiary/aromatic N) is 2. The monoisotopic (exact) mass is 562 g/mol. The van der Waals surface area contributed by atoms with E-state index < -0.39 is 29.1 Å². The van der Waals surface area contributed by atoms with Crippen LogP contribution in [0.15, 0.2) is 28.8 Å². The fourth-order valence-corrected chi connectivity index (χ4v) is 6.02. The molecule has 36 heavy (non-hydrogen) atoms. The minimum atomic E-state index is -1.62. The van der Waals surface area contributed by atoms with Gasteiger partial charge in [-0.3, -0.25) is 14.5 Å². The summed E-state index contributed by atoms with van der Waals surface area (Å²) in [4.78, 5) is 54.4. The molecule has 1 fully saturated rings. The Bertz CT molecular complexity index is 987. The number of esters is 1. The summed E-state index contributed by atoms with van der Waals surface area (Å²) in [5, 5.41) is 3.87. The Morgan fingerprint density at radius 2 is 2.00 bits per heavy atom. The van der Waals surface area contributed by atoms with Gasteiger partial charge < -0.3 is 30.2 Å². The van der Waals surface area contributed by atoms with Crippen LogP contribution in [0.5, 0.6) is 0 Å². The lowest BCUT2D eigenvalue weighted by Gasteiger charge is -2.55. The average molecular weight is 563 g/mol. The van der Waals surface area contributed by atoms with Crippen LogP contribution in [0.25, 0.3) is 0 Å². The molecule has 2 aliphatic rings. The number of halogens is 1. The van der Waals surface area contributed by atoms with Crippen LogP contribution in [-0.2, 0) is 35.0 Å². The molecule has 3 heterocycles. The van der Waals surface area contributed by atoms with Crippen LogP contribution in [0.1, 0.15) is 18.7 Å². The van der Waals surface area contributed by atoms with Crippen LogP contribution in [0.3, 0.4) is 0 Å². The van der Waals surface area contributed by atoms with Crippen molar-refractivity contribution in [3.05, 3.63) is 33.7 Å². The van der Waals surface area contributed by atoms with E-state index in [2.05, 4.69) is 10.2 Å². The number of methoxy groups -OCH3 is 1. The molecule has 3 amide bonds. The smallest absolute Gasteiger partial charge is 0.404 e. The summed E-state index contributed by atoms with van der Waals surface area (Å²) in [6.45, 7) is 6.02. The van der Waals surface area contributed by atoms with Crippen molar-refractivity contribution in [3.63, 3.8) is 0 Å². The largest absolute Gasteiger partial charge is 0.460 e. The van der Waals surface area contributed by atoms with Crippen molar-refractivity contribution >= 4 is 59.4 Å². The molecule has 0 radical (unpaired) electrons. The highest BCUT2D eigenvalue weighted by molar-refractivity contribution is 8.00. The van der Waals surface area contributed by atoms with Crippen LogP contribution in [-0.4, -0.2) is 90.5 Å². The summed E-state index contributed by atoms with van der Waals surface area (Å²) in [7, 11) is 1.33. The number of thioether (sulfide) groups is 1. The highest BCUT2D eigenvalue weighted by Crippen LogP contribution is 2.46. The van der Waals surface area contributed by atoms with Crippen molar-refractivity contribution in [2.24, 2.45) is 5.73 Å². The van der Waals surface area contributed by atoms with Crippen LogP contribution in [0.2, 0.25) is 0 Å². The van der Waals surface area contributed by atoms with Crippen molar-refractivity contribution < 1.29 is 33.4 Å². The summed E-state index contributed by atoms with van der Waals surface area (Å²) in [6, 6.07) is 3.67. The number of fused-ring (bicyclic) bond motifs is 1. The fraction of sp³-hybridized carbons (Fsp3) is 0.545. The maximum Gasteiger partial charge on any atom is 0.404 e. The van der Waals surface area contributed by atoms with Gasteiger partial charge in [-0.2, -0.15) is 0 Å². The number of primary amides is 1. The van der Waals surface area contributed by atoms with Gasteiger partial charge in [0.25, 0.3) is 11.6 Å². The normalized spacial score (nSPS) is 20.8. The van der Waals surface area contributed by atoms with Gasteiger partial charge >= 0.3 is 12.1 Å². The Labute approximate surface area is 224 Å². The van der Waals surface area contributed by atoms with Crippen molar-refractivity contribution in [3.8, 4) is 0 Å². The van der Waals surface area contributed by atoms with E-state index in [0.717, 1.165) is 18.0 Å². The zero-order valence-corrected chi connectivity index (χ0v) is 22.8. The van der Waals surface area contributed by atoms with Crippen molar-refractivity contribution in [1.82, 2.24) is 15.1 Å². The number of nitrogens with two attached hydrogens (primary N) is 1. The molecule has 3 rings (SSSR count). The second-order valence-corrected chi connectivity index (χ2v) is 9.91. The molecule has 1 aromatic rings. The van der Waals surface area contributed by atoms with E-state index in [1.165, 1.54) is 35.1 Å². The van der Waals surface area contributed by atoms with Crippen LogP contribution < -0.4 is 11.1 Å². The Morgan fingerprint density at radius 1 is 1.28 bits per heavy atom. The molecule has 14 heteroatoms. The zero-order valence-electron chi connectivity index (χ0n) is 20.3. The number of hydrogen-bond donors (Lipinski definition) is 2. The number of nitrogens with one attached hydrogen (secondary N) is 1. The minimum Gasteiger partial charge on any atom is -0.460 e. The number of rotatable bonds is 12. The molecule has 0 aromatic carbocycles. The van der Waals surface area contributed by atoms with E-state index in [0.29, 0.717) is 12.1 Å². The topological polar surface area (TPSA) is 140 Å². The first-order valence-corrected chi connectivity index (χ1v) is 13.1. The maximum absolute atomic E-state index is 13.4. The van der Waals surface area contributed by atoms with E-state index in [1.54, 1.807) is 0 Å². The SMILES string of the molecule is CCN(CC)CCOC(=O)C1=C(COC(N)=O)CSC2N1C(=O)C2(NC(=O)Cc1cccs1)OC.Cl. The number of ether oxygens (including phenoxy) is 3. The zero-order chi connectivity index (χ0) is 25.6. The van der Waals surface area contributed by atoms with Crippen molar-refractivity contribution in [2.75, 3.05) is 45.7 Å². The number of amides is 3. The lowest BCUT2D eigenvalue weighted by molar-refractivity contribution is -0.193. The van der Waals surface area contributed by atoms with Gasteiger partial charge in [0, 0.05) is 29.9 Å². The lowest BCUT2D eigenvalue weighted by Crippen LogP contribution is -2.80. The number of carbonyl (C=O) groups is 4. The number of carbonyl (C=O) groups excluding carboxylic acids is 4. The van der Waals surface area contributed by atoms with E-state index in [9.17, 15) is 19.2 Å². The number of thiophene rings is 1. The van der Waals surface area contributed by atoms with E-state index in [-0.39, 0.29) is 49.4 Å². The summed E-state index contributed by atoms with van der Waals surface area (Å²) >= 11 is 2.71. The highest BCUT2D eigenvalue weighted by atomic mass is 35.5. The van der Waals surface area contributed by atoms with Gasteiger partial charge in [-0.15, -0.1) is 35.5 Å². The molecule has 0 spiro atoms. The van der Waals surface area contributed by atoms with Crippen LogP contribution >= 0.6 is 35.5 Å². The second kappa shape index (κ2) is 13.3. The minimum absolute atomic E-state index is 0.